The lowest BCUT2D eigenvalue weighted by Gasteiger charge is -2.36. The molecule has 0 radical (unpaired) electrons. The third-order valence-electron chi connectivity index (χ3n) is 6.51. The van der Waals surface area contributed by atoms with Crippen LogP contribution >= 0.6 is 22.6 Å². The molecule has 4 aromatic carbocycles. The second kappa shape index (κ2) is 11.5. The van der Waals surface area contributed by atoms with Crippen LogP contribution in [-0.4, -0.2) is 37.0 Å². The fourth-order valence-corrected chi connectivity index (χ4v) is 5.19. The fourth-order valence-electron chi connectivity index (χ4n) is 4.50. The molecule has 0 aliphatic carbocycles. The lowest BCUT2D eigenvalue weighted by Crippen LogP contribution is -2.49. The number of halogens is 1. The molecule has 6 heteroatoms. The van der Waals surface area contributed by atoms with E-state index in [1.807, 2.05) is 48.5 Å². The number of para-hydroxylation sites is 1. The van der Waals surface area contributed by atoms with E-state index in [-0.39, 0.29) is 11.5 Å². The van der Waals surface area contributed by atoms with E-state index in [4.69, 9.17) is 4.74 Å². The van der Waals surface area contributed by atoms with Crippen LogP contribution in [0.3, 0.4) is 0 Å². The quantitative estimate of drug-likeness (QED) is 0.149. The number of nitriles is 1. The van der Waals surface area contributed by atoms with Crippen LogP contribution in [0.1, 0.15) is 11.1 Å². The molecule has 1 aliphatic heterocycles. The first-order valence-electron chi connectivity index (χ1n) is 12.2. The number of ether oxygens (including phenoxy) is 1. The zero-order valence-corrected chi connectivity index (χ0v) is 22.5. The maximum atomic E-state index is 13.1. The summed E-state index contributed by atoms with van der Waals surface area (Å²) in [4.78, 5) is 17.1. The van der Waals surface area contributed by atoms with Crippen molar-refractivity contribution < 1.29 is 9.53 Å². The molecule has 5 nitrogen and oxygen atoms in total. The minimum Gasteiger partial charge on any atom is -0.488 e. The van der Waals surface area contributed by atoms with Crippen molar-refractivity contribution in [2.75, 3.05) is 31.1 Å². The molecule has 1 saturated heterocycles. The van der Waals surface area contributed by atoms with Gasteiger partial charge >= 0.3 is 0 Å². The molecule has 0 atom stereocenters. The molecule has 1 fully saturated rings. The Morgan fingerprint density at radius 3 is 2.35 bits per heavy atom. The van der Waals surface area contributed by atoms with Crippen molar-refractivity contribution in [1.82, 2.24) is 4.90 Å². The Morgan fingerprint density at radius 2 is 1.62 bits per heavy atom. The minimum atomic E-state index is -0.221. The highest BCUT2D eigenvalue weighted by molar-refractivity contribution is 14.1. The summed E-state index contributed by atoms with van der Waals surface area (Å²) in [6, 6.07) is 32.6. The van der Waals surface area contributed by atoms with Crippen LogP contribution in [0.5, 0.6) is 5.75 Å². The predicted octanol–water partition coefficient (Wildman–Crippen LogP) is 6.28. The van der Waals surface area contributed by atoms with Gasteiger partial charge in [-0.3, -0.25) is 4.79 Å². The van der Waals surface area contributed by atoms with Gasteiger partial charge in [0.05, 0.1) is 3.57 Å². The lowest BCUT2D eigenvalue weighted by atomic mass is 10.1. The number of anilines is 1. The molecule has 1 amide bonds. The number of carbonyl (C=O) groups excluding carboxylic acids is 1. The van der Waals surface area contributed by atoms with Crippen LogP contribution in [0.4, 0.5) is 5.69 Å². The van der Waals surface area contributed by atoms with Gasteiger partial charge in [0, 0.05) is 31.9 Å². The van der Waals surface area contributed by atoms with Crippen LogP contribution < -0.4 is 9.64 Å². The van der Waals surface area contributed by atoms with Crippen LogP contribution in [-0.2, 0) is 11.4 Å². The normalized spacial score (nSPS) is 13.9. The summed E-state index contributed by atoms with van der Waals surface area (Å²) in [5.74, 6) is 0.551. The van der Waals surface area contributed by atoms with Crippen LogP contribution in [0, 0.1) is 14.9 Å². The van der Waals surface area contributed by atoms with Crippen molar-refractivity contribution in [1.29, 1.82) is 5.26 Å². The Morgan fingerprint density at radius 1 is 0.892 bits per heavy atom. The Labute approximate surface area is 230 Å². The van der Waals surface area contributed by atoms with Crippen molar-refractivity contribution in [2.24, 2.45) is 0 Å². The summed E-state index contributed by atoms with van der Waals surface area (Å²) in [7, 11) is 0. The van der Waals surface area contributed by atoms with Gasteiger partial charge in [-0.15, -0.1) is 0 Å². The molecule has 0 bridgehead atoms. The van der Waals surface area contributed by atoms with Gasteiger partial charge in [0.15, 0.2) is 0 Å². The Hall–Kier alpha value is -3.83. The van der Waals surface area contributed by atoms with Gasteiger partial charge < -0.3 is 14.5 Å². The molecule has 1 heterocycles. The second-order valence-corrected chi connectivity index (χ2v) is 10.1. The number of amides is 1. The Kier molecular flexibility index (Phi) is 7.71. The molecule has 0 spiro atoms. The Bertz CT molecular complexity index is 1490. The minimum absolute atomic E-state index is 0.147. The summed E-state index contributed by atoms with van der Waals surface area (Å²) < 4.78 is 7.00. The molecule has 0 unspecified atom stereocenters. The van der Waals surface area contributed by atoms with E-state index < -0.39 is 0 Å². The predicted molar refractivity (Wildman–Crippen MR) is 156 cm³/mol. The van der Waals surface area contributed by atoms with E-state index >= 15 is 0 Å². The topological polar surface area (TPSA) is 56.6 Å². The lowest BCUT2D eigenvalue weighted by molar-refractivity contribution is -0.126. The van der Waals surface area contributed by atoms with Gasteiger partial charge in [-0.25, -0.2) is 0 Å². The first kappa shape index (κ1) is 24.8. The van der Waals surface area contributed by atoms with Gasteiger partial charge in [-0.1, -0.05) is 60.7 Å². The number of nitrogens with zero attached hydrogens (tertiary/aromatic N) is 3. The van der Waals surface area contributed by atoms with Crippen LogP contribution in [0.2, 0.25) is 0 Å². The fraction of sp³-hybridized carbons (Fsp3) is 0.161. The smallest absolute Gasteiger partial charge is 0.264 e. The summed E-state index contributed by atoms with van der Waals surface area (Å²) in [5.41, 5.74) is 3.20. The van der Waals surface area contributed by atoms with Crippen LogP contribution in [0.25, 0.3) is 16.8 Å². The molecule has 1 aliphatic rings. The van der Waals surface area contributed by atoms with E-state index in [0.29, 0.717) is 19.7 Å². The molecule has 0 N–H and O–H groups in total. The number of fused-ring (bicyclic) bond motifs is 1. The zero-order valence-electron chi connectivity index (χ0n) is 20.3. The van der Waals surface area contributed by atoms with E-state index in [9.17, 15) is 10.1 Å². The highest BCUT2D eigenvalue weighted by atomic mass is 127. The van der Waals surface area contributed by atoms with E-state index in [2.05, 4.69) is 76.0 Å². The van der Waals surface area contributed by atoms with E-state index in [0.717, 1.165) is 39.2 Å². The van der Waals surface area contributed by atoms with Crippen molar-refractivity contribution >= 4 is 51.0 Å². The third kappa shape index (κ3) is 5.95. The molecular formula is C31H26IN3O2. The maximum absolute atomic E-state index is 13.1. The SMILES string of the molecule is N#C/C(=C/c1ccc(OCc2ccc3ccccc3c2)c(I)c1)C(=O)N1CCN(c2ccccc2)CC1. The number of rotatable bonds is 6. The molecule has 184 valence electrons. The number of piperazine rings is 1. The van der Waals surface area contributed by atoms with Crippen LogP contribution in [0.15, 0.2) is 96.6 Å². The monoisotopic (exact) mass is 599 g/mol. The average Bonchev–Trinajstić information content (AvgIpc) is 2.95. The first-order valence-corrected chi connectivity index (χ1v) is 13.3. The number of benzene rings is 4. The van der Waals surface area contributed by atoms with Crippen molar-refractivity contribution in [3.8, 4) is 11.8 Å². The van der Waals surface area contributed by atoms with Crippen molar-refractivity contribution in [3.05, 3.63) is 111 Å². The van der Waals surface area contributed by atoms with Gasteiger partial charge in [0.25, 0.3) is 5.91 Å². The van der Waals surface area contributed by atoms with Crippen molar-refractivity contribution in [2.45, 2.75) is 6.61 Å². The molecule has 4 aromatic rings. The summed E-state index contributed by atoms with van der Waals surface area (Å²) in [5, 5.41) is 12.1. The highest BCUT2D eigenvalue weighted by Crippen LogP contribution is 2.25. The zero-order chi connectivity index (χ0) is 25.6. The maximum Gasteiger partial charge on any atom is 0.264 e. The largest absolute Gasteiger partial charge is 0.488 e. The molecule has 0 saturated carbocycles. The second-order valence-electron chi connectivity index (χ2n) is 8.94. The average molecular weight is 599 g/mol. The number of hydrogen-bond donors (Lipinski definition) is 0. The number of hydrogen-bond acceptors (Lipinski definition) is 4. The van der Waals surface area contributed by atoms with Gasteiger partial charge in [-0.05, 0) is 80.9 Å². The standard InChI is InChI=1S/C31H26IN3O2/c32-29-20-23(11-13-30(29)37-22-24-10-12-25-6-4-5-7-26(25)19-24)18-27(21-33)31(36)35-16-14-34(15-17-35)28-8-2-1-3-9-28/h1-13,18-20H,14-17,22H2/b27-18-. The number of carbonyl (C=O) groups is 1. The third-order valence-corrected chi connectivity index (χ3v) is 7.36. The van der Waals surface area contributed by atoms with Crippen molar-refractivity contribution in [3.63, 3.8) is 0 Å². The first-order chi connectivity index (χ1) is 18.1. The summed E-state index contributed by atoms with van der Waals surface area (Å²) >= 11 is 2.23. The highest BCUT2D eigenvalue weighted by Gasteiger charge is 2.24. The summed E-state index contributed by atoms with van der Waals surface area (Å²) in [6.45, 7) is 3.13. The van der Waals surface area contributed by atoms with Gasteiger partial charge in [0.2, 0.25) is 0 Å². The molecule has 5 rings (SSSR count). The Balaban J connectivity index is 1.22. The van der Waals surface area contributed by atoms with Gasteiger partial charge in [0.1, 0.15) is 24.0 Å². The molecular weight excluding hydrogens is 573 g/mol. The molecule has 37 heavy (non-hydrogen) atoms. The molecule has 0 aromatic heterocycles. The van der Waals surface area contributed by atoms with E-state index in [1.54, 1.807) is 11.0 Å². The van der Waals surface area contributed by atoms with E-state index in [1.165, 1.54) is 10.8 Å². The summed E-state index contributed by atoms with van der Waals surface area (Å²) in [6.07, 6.45) is 1.67. The van der Waals surface area contributed by atoms with Gasteiger partial charge in [-0.2, -0.15) is 5.26 Å².